The first-order valence-electron chi connectivity index (χ1n) is 11.8. The van der Waals surface area contributed by atoms with Crippen molar-refractivity contribution in [2.24, 2.45) is 0 Å². The first-order chi connectivity index (χ1) is 18.4. The number of carbonyl (C=O) groups is 1. The second-order valence-electron chi connectivity index (χ2n) is 8.48. The van der Waals surface area contributed by atoms with E-state index in [-0.39, 0.29) is 12.5 Å². The second kappa shape index (κ2) is 11.9. The van der Waals surface area contributed by atoms with Crippen molar-refractivity contribution < 1.29 is 9.90 Å². The van der Waals surface area contributed by atoms with Gasteiger partial charge in [0.15, 0.2) is 11.0 Å². The maximum atomic E-state index is 12.9. The highest BCUT2D eigenvalue weighted by atomic mass is 35.5. The Hall–Kier alpha value is -2.87. The van der Waals surface area contributed by atoms with Crippen LogP contribution in [-0.4, -0.2) is 75.2 Å². The minimum Gasteiger partial charge on any atom is -0.395 e. The molecule has 1 aliphatic rings. The van der Waals surface area contributed by atoms with E-state index < -0.39 is 0 Å². The quantitative estimate of drug-likeness (QED) is 0.266. The molecule has 0 unspecified atom stereocenters. The molecule has 14 heteroatoms. The van der Waals surface area contributed by atoms with Crippen molar-refractivity contribution in [1.29, 1.82) is 0 Å². The van der Waals surface area contributed by atoms with E-state index in [0.717, 1.165) is 36.6 Å². The van der Waals surface area contributed by atoms with Gasteiger partial charge in [-0.25, -0.2) is 4.98 Å². The van der Waals surface area contributed by atoms with E-state index in [0.29, 0.717) is 49.3 Å². The maximum Gasteiger partial charge on any atom is 0.267 e. The molecule has 1 amide bonds. The van der Waals surface area contributed by atoms with Crippen molar-refractivity contribution in [3.63, 3.8) is 0 Å². The fourth-order valence-electron chi connectivity index (χ4n) is 3.92. The fraction of sp³-hybridized carbons (Fsp3) is 0.292. The molecule has 0 atom stereocenters. The molecule has 0 aliphatic carbocycles. The first-order valence-corrected chi connectivity index (χ1v) is 14.2. The summed E-state index contributed by atoms with van der Waals surface area (Å²) in [5.74, 6) is 1.04. The molecule has 4 aromatic rings. The molecule has 0 bridgehead atoms. The molecule has 3 N–H and O–H groups in total. The number of aliphatic hydroxyl groups is 1. The number of aliphatic hydroxyl groups excluding tert-OH is 1. The largest absolute Gasteiger partial charge is 0.395 e. The number of hydrogen-bond acceptors (Lipinski definition) is 11. The van der Waals surface area contributed by atoms with Gasteiger partial charge in [0.25, 0.3) is 5.91 Å². The van der Waals surface area contributed by atoms with Crippen molar-refractivity contribution in [3.05, 3.63) is 56.3 Å². The lowest BCUT2D eigenvalue weighted by molar-refractivity contribution is 0.103. The Morgan fingerprint density at radius 2 is 1.89 bits per heavy atom. The lowest BCUT2D eigenvalue weighted by atomic mass is 10.2. The summed E-state index contributed by atoms with van der Waals surface area (Å²) in [7, 11) is 0. The summed E-state index contributed by atoms with van der Waals surface area (Å²) in [5, 5.41) is 16.2. The van der Waals surface area contributed by atoms with Gasteiger partial charge in [0, 0.05) is 32.7 Å². The van der Waals surface area contributed by atoms with Crippen LogP contribution in [0.2, 0.25) is 9.36 Å². The minimum absolute atomic E-state index is 0.134. The summed E-state index contributed by atoms with van der Waals surface area (Å²) in [5.41, 5.74) is 1.44. The molecule has 0 saturated carbocycles. The van der Waals surface area contributed by atoms with Crippen LogP contribution < -0.4 is 15.5 Å². The van der Waals surface area contributed by atoms with Gasteiger partial charge in [-0.15, -0.1) is 11.3 Å². The fourth-order valence-corrected chi connectivity index (χ4v) is 5.87. The molecule has 1 saturated heterocycles. The Kier molecular flexibility index (Phi) is 8.36. The highest BCUT2D eigenvalue weighted by molar-refractivity contribution is 7.19. The van der Waals surface area contributed by atoms with Crippen LogP contribution in [0.1, 0.15) is 15.2 Å². The lowest BCUT2D eigenvalue weighted by Crippen LogP contribution is -2.47. The molecule has 5 rings (SSSR count). The third kappa shape index (κ3) is 6.22. The van der Waals surface area contributed by atoms with E-state index in [9.17, 15) is 9.90 Å². The summed E-state index contributed by atoms with van der Waals surface area (Å²) in [6.07, 6.45) is 1.50. The molecule has 1 aliphatic heterocycles. The van der Waals surface area contributed by atoms with Gasteiger partial charge >= 0.3 is 0 Å². The van der Waals surface area contributed by atoms with Gasteiger partial charge in [0.05, 0.1) is 32.7 Å². The number of thiazole rings is 1. The van der Waals surface area contributed by atoms with Crippen LogP contribution in [0.3, 0.4) is 0 Å². The van der Waals surface area contributed by atoms with Gasteiger partial charge in [-0.3, -0.25) is 15.0 Å². The Labute approximate surface area is 237 Å². The van der Waals surface area contributed by atoms with Crippen LogP contribution >= 0.6 is 45.9 Å². The third-order valence-corrected chi connectivity index (χ3v) is 8.35. The zero-order valence-corrected chi connectivity index (χ0v) is 23.5. The van der Waals surface area contributed by atoms with Crippen LogP contribution in [0, 0.1) is 6.92 Å². The lowest BCUT2D eigenvalue weighted by Gasteiger charge is -2.34. The zero-order chi connectivity index (χ0) is 26.6. The van der Waals surface area contributed by atoms with E-state index in [1.165, 1.54) is 28.9 Å². The number of piperazine rings is 1. The summed E-state index contributed by atoms with van der Waals surface area (Å²) < 4.78 is 0.637. The van der Waals surface area contributed by atoms with Crippen LogP contribution in [0.15, 0.2) is 36.5 Å². The van der Waals surface area contributed by atoms with E-state index in [1.807, 2.05) is 25.1 Å². The summed E-state index contributed by atoms with van der Waals surface area (Å²) >= 11 is 15.0. The minimum atomic E-state index is -0.308. The molecule has 3 aromatic heterocycles. The SMILES string of the molecule is Cc1cccc(Cl)c1NC(=O)c1cnc(Nc2nc(-c3ccc(Cl)s3)nc(N3CCN(CCO)CC3)n2)s1. The van der Waals surface area contributed by atoms with Crippen molar-refractivity contribution in [2.45, 2.75) is 6.92 Å². The summed E-state index contributed by atoms with van der Waals surface area (Å²) in [6, 6.07) is 9.12. The number of hydrogen-bond donors (Lipinski definition) is 3. The first kappa shape index (κ1) is 26.7. The van der Waals surface area contributed by atoms with Gasteiger partial charge in [-0.05, 0) is 30.7 Å². The number of amides is 1. The normalized spacial score (nSPS) is 14.1. The van der Waals surface area contributed by atoms with Gasteiger partial charge in [-0.1, -0.05) is 46.7 Å². The predicted octanol–water partition coefficient (Wildman–Crippen LogP) is 4.78. The van der Waals surface area contributed by atoms with Gasteiger partial charge in [0.1, 0.15) is 4.88 Å². The second-order valence-corrected chi connectivity index (χ2v) is 11.6. The number of β-amino-alcohol motifs (C(OH)–C–C–N with tert-alkyl or cyclic N) is 1. The molecule has 0 spiro atoms. The average Bonchev–Trinajstić information content (AvgIpc) is 3.56. The number of thiophene rings is 1. The number of nitrogens with zero attached hydrogens (tertiary/aromatic N) is 6. The molecule has 0 radical (unpaired) electrons. The molecule has 1 aromatic carbocycles. The number of para-hydroxylation sites is 1. The molecule has 198 valence electrons. The Bertz CT molecular complexity index is 1420. The van der Waals surface area contributed by atoms with Gasteiger partial charge in [0.2, 0.25) is 11.9 Å². The monoisotopic (exact) mass is 590 g/mol. The number of nitrogens with one attached hydrogen (secondary N) is 2. The van der Waals surface area contributed by atoms with Crippen LogP contribution in [-0.2, 0) is 0 Å². The molecule has 38 heavy (non-hydrogen) atoms. The molecule has 4 heterocycles. The standard InChI is InChI=1S/C24H24Cl2N8O2S2/c1-14-3-2-4-15(25)19(14)28-21(36)17-13-27-24(38-17)32-22-29-20(16-5-6-18(26)37-16)30-23(31-22)34-9-7-33(8-10-34)11-12-35/h2-6,13,35H,7-12H2,1H3,(H,28,36)(H,27,29,30,31,32). The Morgan fingerprint density at radius 1 is 1.08 bits per heavy atom. The summed E-state index contributed by atoms with van der Waals surface area (Å²) in [4.78, 5) is 36.7. The maximum absolute atomic E-state index is 12.9. The molecular weight excluding hydrogens is 567 g/mol. The number of halogens is 2. The number of benzene rings is 1. The van der Waals surface area contributed by atoms with Crippen LogP contribution in [0.5, 0.6) is 0 Å². The highest BCUT2D eigenvalue weighted by Gasteiger charge is 2.22. The average molecular weight is 592 g/mol. The zero-order valence-electron chi connectivity index (χ0n) is 20.3. The van der Waals surface area contributed by atoms with Gasteiger partial charge in [-0.2, -0.15) is 15.0 Å². The third-order valence-electron chi connectivity index (χ3n) is 5.90. The molecular formula is C24H24Cl2N8O2S2. The van der Waals surface area contributed by atoms with E-state index >= 15 is 0 Å². The summed E-state index contributed by atoms with van der Waals surface area (Å²) in [6.45, 7) is 5.69. The van der Waals surface area contributed by atoms with Crippen LogP contribution in [0.25, 0.3) is 10.7 Å². The number of aromatic nitrogens is 4. The molecule has 1 fully saturated rings. The topological polar surface area (TPSA) is 119 Å². The number of anilines is 4. The van der Waals surface area contributed by atoms with E-state index in [4.69, 9.17) is 28.2 Å². The number of aryl methyl sites for hydroxylation is 1. The van der Waals surface area contributed by atoms with E-state index in [2.05, 4.69) is 35.4 Å². The number of rotatable bonds is 8. The molecule has 10 nitrogen and oxygen atoms in total. The van der Waals surface area contributed by atoms with Crippen molar-refractivity contribution in [2.75, 3.05) is 54.9 Å². The Balaban J connectivity index is 1.36. The number of carbonyl (C=O) groups excluding carboxylic acids is 1. The van der Waals surface area contributed by atoms with E-state index in [1.54, 1.807) is 12.1 Å². The van der Waals surface area contributed by atoms with Crippen molar-refractivity contribution in [1.82, 2.24) is 24.8 Å². The van der Waals surface area contributed by atoms with Crippen molar-refractivity contribution in [3.8, 4) is 10.7 Å². The predicted molar refractivity (Wildman–Crippen MR) is 153 cm³/mol. The highest BCUT2D eigenvalue weighted by Crippen LogP contribution is 2.32. The smallest absolute Gasteiger partial charge is 0.267 e. The van der Waals surface area contributed by atoms with Gasteiger partial charge < -0.3 is 15.3 Å². The van der Waals surface area contributed by atoms with Crippen LogP contribution in [0.4, 0.5) is 22.7 Å². The van der Waals surface area contributed by atoms with Crippen molar-refractivity contribution >= 4 is 74.5 Å². The Morgan fingerprint density at radius 3 is 2.61 bits per heavy atom.